The van der Waals surface area contributed by atoms with E-state index >= 15 is 0 Å². The summed E-state index contributed by atoms with van der Waals surface area (Å²) in [6, 6.07) is 0. The summed E-state index contributed by atoms with van der Waals surface area (Å²) in [5, 5.41) is 15.1. The number of nitrogens with one attached hydrogen (secondary N) is 1. The van der Waals surface area contributed by atoms with Crippen molar-refractivity contribution in [1.29, 1.82) is 0 Å². The summed E-state index contributed by atoms with van der Waals surface area (Å²) in [4.78, 5) is 0. The van der Waals surface area contributed by atoms with Gasteiger partial charge in [0.2, 0.25) is 0 Å². The molecule has 0 aliphatic carbocycles. The van der Waals surface area contributed by atoms with Gasteiger partial charge in [0.25, 0.3) is 0 Å². The first-order valence-electron chi connectivity index (χ1n) is 6.68. The van der Waals surface area contributed by atoms with E-state index in [0.29, 0.717) is 5.92 Å². The lowest BCUT2D eigenvalue weighted by atomic mass is 10.2. The topological polar surface area (TPSA) is 64.9 Å². The highest BCUT2D eigenvalue weighted by atomic mass is 16.5. The van der Waals surface area contributed by atoms with Crippen LogP contribution in [0.3, 0.4) is 0 Å². The molecule has 0 aliphatic heterocycles. The van der Waals surface area contributed by atoms with E-state index in [1.807, 2.05) is 4.68 Å². The fourth-order valence-corrected chi connectivity index (χ4v) is 1.68. The fraction of sp³-hybridized carbons (Fsp3) is 0.917. The van der Waals surface area contributed by atoms with Gasteiger partial charge < -0.3 is 10.1 Å². The van der Waals surface area contributed by atoms with Crippen LogP contribution in [0, 0.1) is 5.92 Å². The molecule has 0 amide bonds. The molecule has 1 heterocycles. The molecule has 0 spiro atoms. The summed E-state index contributed by atoms with van der Waals surface area (Å²) in [6.07, 6.45) is 3.33. The number of nitrogens with zero attached hydrogens (tertiary/aromatic N) is 4. The zero-order valence-corrected chi connectivity index (χ0v) is 11.7. The first kappa shape index (κ1) is 15.0. The lowest BCUT2D eigenvalue weighted by molar-refractivity contribution is 0.191. The van der Waals surface area contributed by atoms with Crippen molar-refractivity contribution in [3.8, 4) is 0 Å². The molecule has 1 aromatic rings. The maximum atomic E-state index is 5.02. The van der Waals surface area contributed by atoms with Crippen LogP contribution in [-0.2, 0) is 17.8 Å². The Morgan fingerprint density at radius 2 is 2.11 bits per heavy atom. The molecule has 0 fully saturated rings. The van der Waals surface area contributed by atoms with Crippen LogP contribution in [0.2, 0.25) is 0 Å². The van der Waals surface area contributed by atoms with Crippen molar-refractivity contribution in [3.05, 3.63) is 5.82 Å². The van der Waals surface area contributed by atoms with Gasteiger partial charge in [-0.05, 0) is 42.2 Å². The fourth-order valence-electron chi connectivity index (χ4n) is 1.68. The number of aromatic nitrogens is 4. The van der Waals surface area contributed by atoms with Gasteiger partial charge in [-0.15, -0.1) is 5.10 Å². The first-order valence-corrected chi connectivity index (χ1v) is 6.68. The predicted molar refractivity (Wildman–Crippen MR) is 70.1 cm³/mol. The van der Waals surface area contributed by atoms with Crippen LogP contribution in [0.4, 0.5) is 0 Å². The largest absolute Gasteiger partial charge is 0.385 e. The van der Waals surface area contributed by atoms with Gasteiger partial charge in [-0.1, -0.05) is 13.8 Å². The number of aryl methyl sites for hydroxylation is 1. The van der Waals surface area contributed by atoms with E-state index in [4.69, 9.17) is 4.74 Å². The molecule has 0 saturated carbocycles. The number of hydrogen-bond acceptors (Lipinski definition) is 5. The number of hydrogen-bond donors (Lipinski definition) is 1. The molecular formula is C12H25N5O. The standard InChI is InChI=1S/C12H25N5O/c1-11(2)9-13-10-12-14-15-16-17(12)7-5-4-6-8-18-3/h11,13H,4-10H2,1-3H3. The Labute approximate surface area is 109 Å². The quantitative estimate of drug-likeness (QED) is 0.637. The second-order valence-corrected chi connectivity index (χ2v) is 4.90. The lowest BCUT2D eigenvalue weighted by Crippen LogP contribution is -2.21. The van der Waals surface area contributed by atoms with Gasteiger partial charge in [0, 0.05) is 20.3 Å². The number of ether oxygens (including phenoxy) is 1. The average molecular weight is 255 g/mol. The zero-order chi connectivity index (χ0) is 13.2. The molecule has 1 N–H and O–H groups in total. The molecule has 1 aromatic heterocycles. The molecule has 0 aromatic carbocycles. The minimum atomic E-state index is 0.642. The summed E-state index contributed by atoms with van der Waals surface area (Å²) in [5.41, 5.74) is 0. The summed E-state index contributed by atoms with van der Waals surface area (Å²) < 4.78 is 6.91. The lowest BCUT2D eigenvalue weighted by Gasteiger charge is -2.07. The highest BCUT2D eigenvalue weighted by molar-refractivity contribution is 4.79. The van der Waals surface area contributed by atoms with E-state index in [1.165, 1.54) is 0 Å². The molecule has 0 aliphatic rings. The molecule has 1 rings (SSSR count). The molecule has 6 nitrogen and oxygen atoms in total. The number of unbranched alkanes of at least 4 members (excludes halogenated alkanes) is 2. The Morgan fingerprint density at radius 3 is 2.83 bits per heavy atom. The van der Waals surface area contributed by atoms with Crippen molar-refractivity contribution in [2.75, 3.05) is 20.3 Å². The van der Waals surface area contributed by atoms with E-state index in [-0.39, 0.29) is 0 Å². The molecule has 0 unspecified atom stereocenters. The van der Waals surface area contributed by atoms with Gasteiger partial charge in [-0.3, -0.25) is 0 Å². The minimum Gasteiger partial charge on any atom is -0.385 e. The highest BCUT2D eigenvalue weighted by Crippen LogP contribution is 2.00. The second-order valence-electron chi connectivity index (χ2n) is 4.90. The van der Waals surface area contributed by atoms with Gasteiger partial charge in [-0.2, -0.15) is 0 Å². The van der Waals surface area contributed by atoms with E-state index in [2.05, 4.69) is 34.7 Å². The van der Waals surface area contributed by atoms with Crippen molar-refractivity contribution >= 4 is 0 Å². The van der Waals surface area contributed by atoms with Crippen LogP contribution >= 0.6 is 0 Å². The smallest absolute Gasteiger partial charge is 0.165 e. The monoisotopic (exact) mass is 255 g/mol. The van der Waals surface area contributed by atoms with E-state index < -0.39 is 0 Å². The Morgan fingerprint density at radius 1 is 1.28 bits per heavy atom. The van der Waals surface area contributed by atoms with Crippen molar-refractivity contribution in [2.45, 2.75) is 46.2 Å². The third-order valence-electron chi connectivity index (χ3n) is 2.66. The zero-order valence-electron chi connectivity index (χ0n) is 11.7. The molecule has 6 heteroatoms. The average Bonchev–Trinajstić information content (AvgIpc) is 2.76. The Hall–Kier alpha value is -1.01. The van der Waals surface area contributed by atoms with Crippen molar-refractivity contribution < 1.29 is 4.74 Å². The summed E-state index contributed by atoms with van der Waals surface area (Å²) in [5.74, 6) is 1.56. The normalized spacial score (nSPS) is 11.3. The Balaban J connectivity index is 2.22. The SMILES string of the molecule is COCCCCCn1nnnc1CNCC(C)C. The number of methoxy groups -OCH3 is 1. The summed E-state index contributed by atoms with van der Waals surface area (Å²) in [6.45, 7) is 7.81. The molecule has 104 valence electrons. The van der Waals surface area contributed by atoms with Gasteiger partial charge in [0.1, 0.15) is 0 Å². The van der Waals surface area contributed by atoms with Crippen LogP contribution in [-0.4, -0.2) is 40.5 Å². The second kappa shape index (κ2) is 8.99. The highest BCUT2D eigenvalue weighted by Gasteiger charge is 2.05. The van der Waals surface area contributed by atoms with Crippen LogP contribution < -0.4 is 5.32 Å². The van der Waals surface area contributed by atoms with Gasteiger partial charge >= 0.3 is 0 Å². The van der Waals surface area contributed by atoms with Crippen LogP contribution in [0.1, 0.15) is 38.9 Å². The minimum absolute atomic E-state index is 0.642. The summed E-state index contributed by atoms with van der Waals surface area (Å²) in [7, 11) is 1.74. The number of tetrazole rings is 1. The molecule has 0 radical (unpaired) electrons. The third kappa shape index (κ3) is 6.07. The van der Waals surface area contributed by atoms with E-state index in [1.54, 1.807) is 7.11 Å². The van der Waals surface area contributed by atoms with Crippen LogP contribution in [0.25, 0.3) is 0 Å². The van der Waals surface area contributed by atoms with Crippen LogP contribution in [0.15, 0.2) is 0 Å². The van der Waals surface area contributed by atoms with Gasteiger partial charge in [-0.25, -0.2) is 4.68 Å². The predicted octanol–water partition coefficient (Wildman–Crippen LogP) is 1.24. The maximum absolute atomic E-state index is 5.02. The maximum Gasteiger partial charge on any atom is 0.165 e. The van der Waals surface area contributed by atoms with E-state index in [0.717, 1.165) is 51.3 Å². The Bertz CT molecular complexity index is 313. The third-order valence-corrected chi connectivity index (χ3v) is 2.66. The molecule has 0 atom stereocenters. The molecule has 0 saturated heterocycles. The summed E-state index contributed by atoms with van der Waals surface area (Å²) >= 11 is 0. The Kier molecular flexibility index (Phi) is 7.52. The van der Waals surface area contributed by atoms with Crippen molar-refractivity contribution in [2.24, 2.45) is 5.92 Å². The van der Waals surface area contributed by atoms with Crippen LogP contribution in [0.5, 0.6) is 0 Å². The number of rotatable bonds is 10. The molecule has 18 heavy (non-hydrogen) atoms. The van der Waals surface area contributed by atoms with Crippen molar-refractivity contribution in [3.63, 3.8) is 0 Å². The first-order chi connectivity index (χ1) is 8.74. The molecular weight excluding hydrogens is 230 g/mol. The van der Waals surface area contributed by atoms with Gasteiger partial charge in [0.15, 0.2) is 5.82 Å². The van der Waals surface area contributed by atoms with Crippen molar-refractivity contribution in [1.82, 2.24) is 25.5 Å². The van der Waals surface area contributed by atoms with Gasteiger partial charge in [0.05, 0.1) is 6.54 Å². The molecule has 0 bridgehead atoms. The van der Waals surface area contributed by atoms with E-state index in [9.17, 15) is 0 Å².